The molecule has 0 N–H and O–H groups in total. The maximum absolute atomic E-state index is 12.3. The van der Waals surface area contributed by atoms with Crippen LogP contribution in [0.15, 0.2) is 58.2 Å². The van der Waals surface area contributed by atoms with E-state index in [9.17, 15) is 4.79 Å². The van der Waals surface area contributed by atoms with Crippen molar-refractivity contribution in [1.82, 2.24) is 10.2 Å². The summed E-state index contributed by atoms with van der Waals surface area (Å²) in [6.07, 6.45) is 0. The first-order valence-electron chi connectivity index (χ1n) is 8.50. The van der Waals surface area contributed by atoms with Gasteiger partial charge in [0.2, 0.25) is 5.91 Å². The molecular formula is C20H21N3O3S. The van der Waals surface area contributed by atoms with Gasteiger partial charge in [-0.05, 0) is 43.2 Å². The van der Waals surface area contributed by atoms with Crippen molar-refractivity contribution in [2.75, 3.05) is 17.7 Å². The van der Waals surface area contributed by atoms with Gasteiger partial charge in [-0.15, -0.1) is 10.2 Å². The summed E-state index contributed by atoms with van der Waals surface area (Å²) in [5, 5.41) is 8.30. The summed E-state index contributed by atoms with van der Waals surface area (Å²) < 4.78 is 11.3. The van der Waals surface area contributed by atoms with Crippen molar-refractivity contribution >= 4 is 23.4 Å². The van der Waals surface area contributed by atoms with Gasteiger partial charge in [-0.2, -0.15) is 0 Å². The average Bonchev–Trinajstić information content (AvgIpc) is 3.15. The molecule has 0 saturated carbocycles. The fraction of sp³-hybridized carbons (Fsp3) is 0.250. The van der Waals surface area contributed by atoms with Crippen LogP contribution < -0.4 is 9.64 Å². The Bertz CT molecular complexity index is 912. The summed E-state index contributed by atoms with van der Waals surface area (Å²) in [4.78, 5) is 13.9. The summed E-state index contributed by atoms with van der Waals surface area (Å²) in [6.45, 7) is 4.19. The Morgan fingerprint density at radius 1 is 1.15 bits per heavy atom. The zero-order valence-electron chi connectivity index (χ0n) is 15.5. The van der Waals surface area contributed by atoms with Crippen LogP contribution in [0.3, 0.4) is 0 Å². The number of carbonyl (C=O) groups excluding carboxylic acids is 1. The van der Waals surface area contributed by atoms with Crippen LogP contribution in [0.2, 0.25) is 0 Å². The van der Waals surface area contributed by atoms with Crippen LogP contribution in [0.5, 0.6) is 5.75 Å². The third-order valence-corrected chi connectivity index (χ3v) is 4.78. The molecule has 1 amide bonds. The predicted molar refractivity (Wildman–Crippen MR) is 105 cm³/mol. The zero-order valence-corrected chi connectivity index (χ0v) is 16.3. The second-order valence-electron chi connectivity index (χ2n) is 6.10. The number of rotatable bonds is 7. The van der Waals surface area contributed by atoms with Gasteiger partial charge in [0.1, 0.15) is 5.75 Å². The first-order chi connectivity index (χ1) is 13.0. The lowest BCUT2D eigenvalue weighted by Gasteiger charge is -2.16. The summed E-state index contributed by atoms with van der Waals surface area (Å²) in [6, 6.07) is 15.5. The Balaban J connectivity index is 1.52. The van der Waals surface area contributed by atoms with Crippen molar-refractivity contribution in [1.29, 1.82) is 0 Å². The quantitative estimate of drug-likeness (QED) is 0.574. The topological polar surface area (TPSA) is 68.5 Å². The molecule has 27 heavy (non-hydrogen) atoms. The Kier molecular flexibility index (Phi) is 6.13. The van der Waals surface area contributed by atoms with E-state index in [1.165, 1.54) is 11.8 Å². The molecule has 0 radical (unpaired) electrons. The van der Waals surface area contributed by atoms with Gasteiger partial charge in [-0.3, -0.25) is 4.79 Å². The predicted octanol–water partition coefficient (Wildman–Crippen LogP) is 4.02. The normalized spacial score (nSPS) is 10.6. The second-order valence-corrected chi connectivity index (χ2v) is 7.02. The van der Waals surface area contributed by atoms with Crippen LogP contribution in [0, 0.1) is 13.8 Å². The van der Waals surface area contributed by atoms with Crippen molar-refractivity contribution in [3.05, 3.63) is 65.5 Å². The molecule has 0 aliphatic rings. The van der Waals surface area contributed by atoms with Gasteiger partial charge >= 0.3 is 0 Å². The number of anilines is 1. The van der Waals surface area contributed by atoms with E-state index in [0.717, 1.165) is 22.6 Å². The van der Waals surface area contributed by atoms with Crippen LogP contribution in [0.1, 0.15) is 17.0 Å². The van der Waals surface area contributed by atoms with Crippen LogP contribution in [0.25, 0.3) is 0 Å². The molecule has 0 unspecified atom stereocenters. The van der Waals surface area contributed by atoms with Crippen molar-refractivity contribution in [2.45, 2.75) is 25.7 Å². The van der Waals surface area contributed by atoms with Gasteiger partial charge < -0.3 is 14.1 Å². The molecule has 1 aromatic heterocycles. The fourth-order valence-corrected chi connectivity index (χ4v) is 3.07. The van der Waals surface area contributed by atoms with E-state index < -0.39 is 0 Å². The Labute approximate surface area is 162 Å². The molecule has 140 valence electrons. The number of hydrogen-bond donors (Lipinski definition) is 0. The number of hydrogen-bond acceptors (Lipinski definition) is 6. The lowest BCUT2D eigenvalue weighted by Crippen LogP contribution is -2.27. The summed E-state index contributed by atoms with van der Waals surface area (Å²) in [5.41, 5.74) is 3.01. The van der Waals surface area contributed by atoms with Crippen LogP contribution in [-0.2, 0) is 11.4 Å². The van der Waals surface area contributed by atoms with Crippen LogP contribution in [-0.4, -0.2) is 28.9 Å². The number of para-hydroxylation sites is 1. The molecular weight excluding hydrogens is 362 g/mol. The van der Waals surface area contributed by atoms with Crippen LogP contribution >= 0.6 is 11.8 Å². The van der Waals surface area contributed by atoms with E-state index >= 15 is 0 Å². The minimum absolute atomic E-state index is 0.0439. The molecule has 0 spiro atoms. The van der Waals surface area contributed by atoms with Crippen molar-refractivity contribution < 1.29 is 13.9 Å². The Hall–Kier alpha value is -2.80. The fourth-order valence-electron chi connectivity index (χ4n) is 2.37. The smallest absolute Gasteiger partial charge is 0.277 e. The van der Waals surface area contributed by atoms with Gasteiger partial charge in [0, 0.05) is 12.7 Å². The highest BCUT2D eigenvalue weighted by atomic mass is 32.2. The highest BCUT2D eigenvalue weighted by Crippen LogP contribution is 2.22. The Morgan fingerprint density at radius 2 is 1.93 bits per heavy atom. The van der Waals surface area contributed by atoms with Crippen molar-refractivity contribution in [3.63, 3.8) is 0 Å². The summed E-state index contributed by atoms with van der Waals surface area (Å²) in [5.74, 6) is 1.34. The summed E-state index contributed by atoms with van der Waals surface area (Å²) in [7, 11) is 1.75. The molecule has 0 aliphatic heterocycles. The number of amides is 1. The standard InChI is InChI=1S/C20H21N3O3S/c1-14-9-10-15(2)17(11-14)25-12-18-21-22-20(26-18)27-13-19(24)23(3)16-7-5-4-6-8-16/h4-11H,12-13H2,1-3H3. The number of nitrogens with zero attached hydrogens (tertiary/aromatic N) is 3. The number of aryl methyl sites for hydroxylation is 2. The van der Waals surface area contributed by atoms with E-state index in [0.29, 0.717) is 11.1 Å². The molecule has 3 rings (SSSR count). The molecule has 0 atom stereocenters. The van der Waals surface area contributed by atoms with Gasteiger partial charge in [-0.1, -0.05) is 42.1 Å². The average molecular weight is 383 g/mol. The van der Waals surface area contributed by atoms with Gasteiger partial charge in [0.25, 0.3) is 11.1 Å². The number of aromatic nitrogens is 2. The second kappa shape index (κ2) is 8.73. The molecule has 7 heteroatoms. The number of ether oxygens (including phenoxy) is 1. The summed E-state index contributed by atoms with van der Waals surface area (Å²) >= 11 is 1.21. The molecule has 0 saturated heterocycles. The molecule has 3 aromatic rings. The Morgan fingerprint density at radius 3 is 2.70 bits per heavy atom. The molecule has 1 heterocycles. The first-order valence-corrected chi connectivity index (χ1v) is 9.48. The van der Waals surface area contributed by atoms with E-state index in [-0.39, 0.29) is 18.3 Å². The number of thioether (sulfide) groups is 1. The highest BCUT2D eigenvalue weighted by Gasteiger charge is 2.14. The molecule has 6 nitrogen and oxygen atoms in total. The lowest BCUT2D eigenvalue weighted by atomic mass is 10.1. The van der Waals surface area contributed by atoms with E-state index in [4.69, 9.17) is 9.15 Å². The molecule has 0 bridgehead atoms. The minimum Gasteiger partial charge on any atom is -0.484 e. The van der Waals surface area contributed by atoms with Gasteiger partial charge in [-0.25, -0.2) is 0 Å². The maximum Gasteiger partial charge on any atom is 0.277 e. The minimum atomic E-state index is -0.0439. The van der Waals surface area contributed by atoms with E-state index in [1.807, 2.05) is 62.4 Å². The maximum atomic E-state index is 12.3. The zero-order chi connectivity index (χ0) is 19.2. The largest absolute Gasteiger partial charge is 0.484 e. The SMILES string of the molecule is Cc1ccc(C)c(OCc2nnc(SCC(=O)N(C)c3ccccc3)o2)c1. The van der Waals surface area contributed by atoms with Crippen molar-refractivity contribution in [2.24, 2.45) is 0 Å². The molecule has 2 aromatic carbocycles. The number of carbonyl (C=O) groups is 1. The third-order valence-electron chi connectivity index (χ3n) is 3.98. The first kappa shape index (κ1) is 19.0. The monoisotopic (exact) mass is 383 g/mol. The van der Waals surface area contributed by atoms with Gasteiger partial charge in [0.15, 0.2) is 6.61 Å². The van der Waals surface area contributed by atoms with E-state index in [1.54, 1.807) is 11.9 Å². The van der Waals surface area contributed by atoms with Crippen LogP contribution in [0.4, 0.5) is 5.69 Å². The third kappa shape index (κ3) is 5.10. The molecule has 0 aliphatic carbocycles. The van der Waals surface area contributed by atoms with Crippen molar-refractivity contribution in [3.8, 4) is 5.75 Å². The molecule has 0 fully saturated rings. The number of benzene rings is 2. The van der Waals surface area contributed by atoms with Gasteiger partial charge in [0.05, 0.1) is 5.75 Å². The lowest BCUT2D eigenvalue weighted by molar-refractivity contribution is -0.115. The van der Waals surface area contributed by atoms with E-state index in [2.05, 4.69) is 10.2 Å². The highest BCUT2D eigenvalue weighted by molar-refractivity contribution is 7.99.